The van der Waals surface area contributed by atoms with Gasteiger partial charge in [-0.1, -0.05) is 23.2 Å². The molecule has 1 unspecified atom stereocenters. The fourth-order valence-electron chi connectivity index (χ4n) is 4.62. The van der Waals surface area contributed by atoms with Crippen LogP contribution in [0.5, 0.6) is 5.75 Å². The second-order valence-corrected chi connectivity index (χ2v) is 10.2. The Morgan fingerprint density at radius 3 is 2.72 bits per heavy atom. The fraction of sp³-hybridized carbons (Fsp3) is 0.286. The first-order valence-corrected chi connectivity index (χ1v) is 13.1. The number of aliphatic imine (C=N–C) groups is 1. The highest BCUT2D eigenvalue weighted by atomic mass is 35.5. The number of nitrogens with zero attached hydrogens (tertiary/aromatic N) is 4. The Morgan fingerprint density at radius 2 is 2.03 bits per heavy atom. The summed E-state index contributed by atoms with van der Waals surface area (Å²) in [7, 11) is 1.69. The van der Waals surface area contributed by atoms with Gasteiger partial charge in [0.2, 0.25) is 0 Å². The van der Waals surface area contributed by atoms with E-state index in [1.807, 2.05) is 4.90 Å². The molecule has 3 aromatic rings. The van der Waals surface area contributed by atoms with E-state index in [1.165, 1.54) is 24.7 Å². The molecule has 1 aliphatic heterocycles. The SMILES string of the molecule is CN=C/C=C(\N)CC1CCN(c2ncc(C(=N)c3cc(O[C@H](C)c4c(Cl)cncc4Cl)ccc3N)cc2F)C1. The quantitative estimate of drug-likeness (QED) is 0.220. The van der Waals surface area contributed by atoms with Crippen molar-refractivity contribution >= 4 is 46.6 Å². The summed E-state index contributed by atoms with van der Waals surface area (Å²) in [6, 6.07) is 6.27. The maximum atomic E-state index is 15.2. The molecular formula is C28H30Cl2FN7O. The number of allylic oxidation sites excluding steroid dienone is 2. The third-order valence-electron chi connectivity index (χ3n) is 6.56. The second-order valence-electron chi connectivity index (χ2n) is 9.38. The van der Waals surface area contributed by atoms with Gasteiger partial charge in [-0.25, -0.2) is 9.37 Å². The number of benzene rings is 1. The summed E-state index contributed by atoms with van der Waals surface area (Å²) in [4.78, 5) is 14.2. The Labute approximate surface area is 237 Å². The molecule has 0 radical (unpaired) electrons. The van der Waals surface area contributed by atoms with E-state index in [0.29, 0.717) is 63.6 Å². The molecule has 2 atom stereocenters. The van der Waals surface area contributed by atoms with Gasteiger partial charge >= 0.3 is 0 Å². The van der Waals surface area contributed by atoms with Gasteiger partial charge in [0, 0.05) is 73.0 Å². The number of hydrogen-bond donors (Lipinski definition) is 3. The summed E-state index contributed by atoms with van der Waals surface area (Å²) in [5.74, 6) is 0.511. The van der Waals surface area contributed by atoms with Crippen molar-refractivity contribution in [3.05, 3.63) is 87.2 Å². The zero-order valence-corrected chi connectivity index (χ0v) is 23.2. The first kappa shape index (κ1) is 28.3. The molecule has 8 nitrogen and oxygen atoms in total. The molecule has 0 saturated carbocycles. The minimum absolute atomic E-state index is 0.0262. The van der Waals surface area contributed by atoms with Crippen LogP contribution in [0, 0.1) is 17.1 Å². The molecule has 0 spiro atoms. The third-order valence-corrected chi connectivity index (χ3v) is 7.16. The van der Waals surface area contributed by atoms with Crippen LogP contribution in [-0.4, -0.2) is 42.0 Å². The lowest BCUT2D eigenvalue weighted by Gasteiger charge is -2.20. The zero-order chi connectivity index (χ0) is 28.1. The predicted molar refractivity (Wildman–Crippen MR) is 156 cm³/mol. The van der Waals surface area contributed by atoms with E-state index in [0.717, 1.165) is 12.1 Å². The summed E-state index contributed by atoms with van der Waals surface area (Å²) < 4.78 is 21.3. The van der Waals surface area contributed by atoms with Gasteiger partial charge < -0.3 is 21.1 Å². The van der Waals surface area contributed by atoms with Gasteiger partial charge in [-0.3, -0.25) is 15.4 Å². The number of rotatable bonds is 9. The van der Waals surface area contributed by atoms with Crippen LogP contribution in [0.15, 0.2) is 59.6 Å². The van der Waals surface area contributed by atoms with Crippen LogP contribution >= 0.6 is 23.2 Å². The maximum Gasteiger partial charge on any atom is 0.166 e. The first-order chi connectivity index (χ1) is 18.7. The van der Waals surface area contributed by atoms with E-state index in [1.54, 1.807) is 44.5 Å². The Balaban J connectivity index is 1.49. The third kappa shape index (κ3) is 6.66. The van der Waals surface area contributed by atoms with Gasteiger partial charge in [-0.15, -0.1) is 0 Å². The molecule has 4 rings (SSSR count). The van der Waals surface area contributed by atoms with Crippen LogP contribution in [0.25, 0.3) is 0 Å². The normalized spacial score (nSPS) is 16.6. The van der Waals surface area contributed by atoms with Crippen LogP contribution < -0.4 is 21.1 Å². The van der Waals surface area contributed by atoms with Crippen molar-refractivity contribution in [2.45, 2.75) is 25.9 Å². The van der Waals surface area contributed by atoms with Crippen LogP contribution in [0.3, 0.4) is 0 Å². The highest BCUT2D eigenvalue weighted by Crippen LogP contribution is 2.34. The average Bonchev–Trinajstić information content (AvgIpc) is 3.36. The Bertz CT molecular complexity index is 1410. The van der Waals surface area contributed by atoms with Crippen LogP contribution in [0.2, 0.25) is 10.0 Å². The number of aromatic nitrogens is 2. The maximum absolute atomic E-state index is 15.2. The monoisotopic (exact) mass is 569 g/mol. The van der Waals surface area contributed by atoms with Gasteiger partial charge in [0.1, 0.15) is 11.9 Å². The largest absolute Gasteiger partial charge is 0.486 e. The molecule has 5 N–H and O–H groups in total. The summed E-state index contributed by atoms with van der Waals surface area (Å²) in [5, 5.41) is 9.50. The van der Waals surface area contributed by atoms with Gasteiger partial charge in [-0.05, 0) is 56.0 Å². The predicted octanol–water partition coefficient (Wildman–Crippen LogP) is 5.82. The smallest absolute Gasteiger partial charge is 0.166 e. The van der Waals surface area contributed by atoms with Crippen LogP contribution in [0.1, 0.15) is 42.6 Å². The lowest BCUT2D eigenvalue weighted by Crippen LogP contribution is -2.23. The molecule has 1 fully saturated rings. The van der Waals surface area contributed by atoms with Crippen molar-refractivity contribution in [3.63, 3.8) is 0 Å². The number of halogens is 3. The Morgan fingerprint density at radius 1 is 1.28 bits per heavy atom. The lowest BCUT2D eigenvalue weighted by atomic mass is 10.0. The van der Waals surface area contributed by atoms with E-state index >= 15 is 4.39 Å². The summed E-state index contributed by atoms with van der Waals surface area (Å²) in [6.07, 6.45) is 9.04. The van der Waals surface area contributed by atoms with Crippen molar-refractivity contribution < 1.29 is 9.13 Å². The molecule has 204 valence electrons. The lowest BCUT2D eigenvalue weighted by molar-refractivity contribution is 0.227. The molecule has 1 aliphatic rings. The zero-order valence-electron chi connectivity index (χ0n) is 21.7. The van der Waals surface area contributed by atoms with E-state index in [2.05, 4.69) is 15.0 Å². The number of nitrogens with one attached hydrogen (secondary N) is 1. The molecule has 39 heavy (non-hydrogen) atoms. The minimum atomic E-state index is -0.499. The number of anilines is 2. The number of ether oxygens (including phenoxy) is 1. The molecule has 1 saturated heterocycles. The van der Waals surface area contributed by atoms with Crippen LogP contribution in [0.4, 0.5) is 15.9 Å². The Kier molecular flexibility index (Phi) is 9.04. The fourth-order valence-corrected chi connectivity index (χ4v) is 5.29. The highest BCUT2D eigenvalue weighted by Gasteiger charge is 2.26. The number of pyridine rings is 2. The topological polar surface area (TPSA) is 126 Å². The molecule has 2 aromatic heterocycles. The van der Waals surface area contributed by atoms with Crippen LogP contribution in [-0.2, 0) is 0 Å². The molecule has 1 aromatic carbocycles. The first-order valence-electron chi connectivity index (χ1n) is 12.4. The molecule has 0 aliphatic carbocycles. The molecule has 0 bridgehead atoms. The Hall–Kier alpha value is -3.69. The number of nitrogens with two attached hydrogens (primary N) is 2. The van der Waals surface area contributed by atoms with Gasteiger partial charge in [0.05, 0.1) is 15.8 Å². The van der Waals surface area contributed by atoms with Gasteiger partial charge in [-0.2, -0.15) is 0 Å². The van der Waals surface area contributed by atoms with Crippen molar-refractivity contribution in [1.29, 1.82) is 5.41 Å². The minimum Gasteiger partial charge on any atom is -0.486 e. The summed E-state index contributed by atoms with van der Waals surface area (Å²) in [6.45, 7) is 3.13. The average molecular weight is 571 g/mol. The molecule has 0 amide bonds. The van der Waals surface area contributed by atoms with E-state index in [9.17, 15) is 0 Å². The second kappa shape index (κ2) is 12.4. The summed E-state index contributed by atoms with van der Waals surface area (Å²) >= 11 is 12.5. The molecule has 3 heterocycles. The van der Waals surface area contributed by atoms with E-state index < -0.39 is 11.9 Å². The van der Waals surface area contributed by atoms with Crippen molar-refractivity contribution in [3.8, 4) is 5.75 Å². The molecule has 11 heteroatoms. The van der Waals surface area contributed by atoms with Crippen molar-refractivity contribution in [2.24, 2.45) is 16.6 Å². The number of hydrogen-bond acceptors (Lipinski definition) is 8. The molecular weight excluding hydrogens is 540 g/mol. The van der Waals surface area contributed by atoms with Gasteiger partial charge in [0.25, 0.3) is 0 Å². The number of nitrogen functional groups attached to an aromatic ring is 1. The van der Waals surface area contributed by atoms with E-state index in [-0.39, 0.29) is 11.5 Å². The standard InChI is InChI=1S/C28H30Cl2FN7O/c1-16(26-22(29)13-36-14-23(26)30)39-20-3-4-25(33)21(11-20)27(34)18-10-24(31)28(37-12-18)38-8-6-17(15-38)9-19(32)5-7-35-2/h3-5,7,10-14,16-17,34H,6,8-9,15,32-33H2,1-2H3/b19-5-,34-27?,35-7?/t16-,17?/m1/s1. The van der Waals surface area contributed by atoms with Crippen molar-refractivity contribution in [2.75, 3.05) is 30.8 Å². The highest BCUT2D eigenvalue weighted by molar-refractivity contribution is 6.35. The van der Waals surface area contributed by atoms with E-state index in [4.69, 9.17) is 44.8 Å². The van der Waals surface area contributed by atoms with Crippen molar-refractivity contribution in [1.82, 2.24) is 9.97 Å². The summed E-state index contributed by atoms with van der Waals surface area (Å²) in [5.41, 5.74) is 14.6. The van der Waals surface area contributed by atoms with Gasteiger partial charge in [0.15, 0.2) is 11.6 Å².